The van der Waals surface area contributed by atoms with Crippen LogP contribution in [0, 0.1) is 5.82 Å². The van der Waals surface area contributed by atoms with Crippen LogP contribution in [-0.2, 0) is 24.8 Å². The highest BCUT2D eigenvalue weighted by Crippen LogP contribution is 2.21. The maximum Gasteiger partial charge on any atom is 0.261 e. The average molecular weight is 512 g/mol. The van der Waals surface area contributed by atoms with E-state index in [0.29, 0.717) is 10.7 Å². The molecule has 0 bridgehead atoms. The highest BCUT2D eigenvalue weighted by Gasteiger charge is 2.21. The molecule has 0 unspecified atom stereocenters. The molecule has 0 spiro atoms. The first kappa shape index (κ1) is 24.5. The number of halogens is 2. The summed E-state index contributed by atoms with van der Waals surface area (Å²) >= 11 is 5.79. The summed E-state index contributed by atoms with van der Waals surface area (Å²) in [4.78, 5) is 12.4. The monoisotopic (exact) mass is 511 g/mol. The molecule has 0 aliphatic rings. The van der Waals surface area contributed by atoms with Crippen LogP contribution in [0.3, 0.4) is 0 Å². The van der Waals surface area contributed by atoms with Gasteiger partial charge in [-0.2, -0.15) is 0 Å². The van der Waals surface area contributed by atoms with E-state index in [2.05, 4.69) is 10.0 Å². The number of anilines is 3. The topological polar surface area (TPSA) is 113 Å². The van der Waals surface area contributed by atoms with E-state index >= 15 is 0 Å². The molecule has 0 saturated carbocycles. The predicted molar refractivity (Wildman–Crippen MR) is 126 cm³/mol. The van der Waals surface area contributed by atoms with Gasteiger partial charge in [0.2, 0.25) is 15.9 Å². The van der Waals surface area contributed by atoms with Crippen LogP contribution in [0.4, 0.5) is 21.5 Å². The maximum atomic E-state index is 13.5. The molecule has 3 rings (SSSR count). The van der Waals surface area contributed by atoms with Gasteiger partial charge in [-0.15, -0.1) is 0 Å². The van der Waals surface area contributed by atoms with Crippen molar-refractivity contribution in [2.75, 3.05) is 27.1 Å². The summed E-state index contributed by atoms with van der Waals surface area (Å²) in [6.07, 6.45) is 0.901. The third-order valence-electron chi connectivity index (χ3n) is 4.33. The van der Waals surface area contributed by atoms with Gasteiger partial charge in [0.15, 0.2) is 0 Å². The van der Waals surface area contributed by atoms with Crippen molar-refractivity contribution in [1.82, 2.24) is 0 Å². The molecule has 174 valence electrons. The summed E-state index contributed by atoms with van der Waals surface area (Å²) in [7, 11) is -7.75. The second kappa shape index (κ2) is 9.77. The van der Waals surface area contributed by atoms with Gasteiger partial charge < -0.3 is 5.32 Å². The molecule has 8 nitrogen and oxygen atoms in total. The van der Waals surface area contributed by atoms with Crippen molar-refractivity contribution in [2.24, 2.45) is 0 Å². The van der Waals surface area contributed by atoms with Gasteiger partial charge in [-0.05, 0) is 66.7 Å². The zero-order chi connectivity index (χ0) is 24.2. The van der Waals surface area contributed by atoms with Crippen molar-refractivity contribution in [3.05, 3.63) is 83.6 Å². The normalized spacial score (nSPS) is 11.6. The molecule has 0 saturated heterocycles. The van der Waals surface area contributed by atoms with Gasteiger partial charge in [0, 0.05) is 16.4 Å². The number of hydrogen-bond acceptors (Lipinski definition) is 5. The minimum absolute atomic E-state index is 0.00219. The number of hydrogen-bond donors (Lipinski definition) is 2. The van der Waals surface area contributed by atoms with Crippen molar-refractivity contribution in [3.63, 3.8) is 0 Å². The Morgan fingerprint density at radius 2 is 1.55 bits per heavy atom. The molecular formula is C21H19ClFN3O5S2. The van der Waals surface area contributed by atoms with Crippen molar-refractivity contribution in [2.45, 2.75) is 4.90 Å². The van der Waals surface area contributed by atoms with E-state index in [4.69, 9.17) is 11.6 Å². The molecule has 12 heteroatoms. The van der Waals surface area contributed by atoms with E-state index in [-0.39, 0.29) is 16.3 Å². The highest BCUT2D eigenvalue weighted by atomic mass is 35.5. The van der Waals surface area contributed by atoms with Gasteiger partial charge in [-0.25, -0.2) is 21.2 Å². The second-order valence-electron chi connectivity index (χ2n) is 6.93. The predicted octanol–water partition coefficient (Wildman–Crippen LogP) is 3.68. The molecule has 3 aromatic rings. The van der Waals surface area contributed by atoms with E-state index < -0.39 is 38.3 Å². The summed E-state index contributed by atoms with van der Waals surface area (Å²) in [5, 5.41) is 2.96. The first-order chi connectivity index (χ1) is 15.4. The molecular weight excluding hydrogens is 493 g/mol. The van der Waals surface area contributed by atoms with Crippen LogP contribution in [0.5, 0.6) is 0 Å². The fraction of sp³-hybridized carbons (Fsp3) is 0.0952. The Hall–Kier alpha value is -3.15. The minimum atomic E-state index is -3.88. The molecule has 1 amide bonds. The van der Waals surface area contributed by atoms with E-state index in [9.17, 15) is 26.0 Å². The van der Waals surface area contributed by atoms with Crippen molar-refractivity contribution in [3.8, 4) is 0 Å². The maximum absolute atomic E-state index is 13.5. The van der Waals surface area contributed by atoms with Gasteiger partial charge in [0.05, 0.1) is 16.8 Å². The van der Waals surface area contributed by atoms with Crippen LogP contribution in [0.25, 0.3) is 0 Å². The quantitative estimate of drug-likeness (QED) is 0.479. The van der Waals surface area contributed by atoms with Crippen LogP contribution >= 0.6 is 11.6 Å². The van der Waals surface area contributed by atoms with Crippen LogP contribution in [0.1, 0.15) is 0 Å². The fourth-order valence-electron chi connectivity index (χ4n) is 2.81. The summed E-state index contributed by atoms with van der Waals surface area (Å²) in [5.41, 5.74) is 0.579. The summed E-state index contributed by atoms with van der Waals surface area (Å²) in [6.45, 7) is -0.597. The van der Waals surface area contributed by atoms with Crippen LogP contribution in [0.15, 0.2) is 77.7 Å². The molecule has 33 heavy (non-hydrogen) atoms. The largest absolute Gasteiger partial charge is 0.325 e. The number of sulfonamides is 2. The lowest BCUT2D eigenvalue weighted by atomic mass is 10.3. The van der Waals surface area contributed by atoms with Gasteiger partial charge in [0.1, 0.15) is 12.4 Å². The number of rotatable bonds is 8. The molecule has 0 radical (unpaired) electrons. The number of nitrogens with one attached hydrogen (secondary N) is 2. The van der Waals surface area contributed by atoms with Gasteiger partial charge in [0.25, 0.3) is 10.0 Å². The fourth-order valence-corrected chi connectivity index (χ4v) is 4.84. The van der Waals surface area contributed by atoms with Crippen LogP contribution < -0.4 is 14.3 Å². The average Bonchev–Trinajstić information content (AvgIpc) is 2.73. The second-order valence-corrected chi connectivity index (χ2v) is 11.0. The third-order valence-corrected chi connectivity index (χ3v) is 7.12. The van der Waals surface area contributed by atoms with Gasteiger partial charge in [-0.1, -0.05) is 17.7 Å². The number of carbonyl (C=O) groups is 1. The van der Waals surface area contributed by atoms with E-state index in [1.807, 2.05) is 0 Å². The van der Waals surface area contributed by atoms with Gasteiger partial charge in [-0.3, -0.25) is 13.8 Å². The lowest BCUT2D eigenvalue weighted by Gasteiger charge is -2.22. The van der Waals surface area contributed by atoms with Crippen molar-refractivity contribution in [1.29, 1.82) is 0 Å². The Morgan fingerprint density at radius 1 is 0.939 bits per heavy atom. The molecule has 0 aliphatic carbocycles. The SMILES string of the molecule is CS(=O)(=O)N(CC(=O)Nc1ccc(S(=O)(=O)Nc2ccc(Cl)cc2)cc1)c1cccc(F)c1. The Bertz CT molecular complexity index is 1360. The first-order valence-corrected chi connectivity index (χ1v) is 13.1. The summed E-state index contributed by atoms with van der Waals surface area (Å²) < 4.78 is 65.9. The Morgan fingerprint density at radius 3 is 2.12 bits per heavy atom. The Labute approximate surface area is 196 Å². The summed E-state index contributed by atoms with van der Waals surface area (Å²) in [5.74, 6) is -1.34. The Kier molecular flexibility index (Phi) is 7.25. The zero-order valence-electron chi connectivity index (χ0n) is 17.2. The molecule has 2 N–H and O–H groups in total. The lowest BCUT2D eigenvalue weighted by molar-refractivity contribution is -0.114. The number of amides is 1. The molecule has 0 fully saturated rings. The highest BCUT2D eigenvalue weighted by molar-refractivity contribution is 7.92. The number of nitrogens with zero attached hydrogens (tertiary/aromatic N) is 1. The first-order valence-electron chi connectivity index (χ1n) is 9.36. The number of carbonyl (C=O) groups excluding carboxylic acids is 1. The molecule has 0 aliphatic heterocycles. The van der Waals surface area contributed by atoms with Crippen LogP contribution in [-0.4, -0.2) is 35.5 Å². The third kappa shape index (κ3) is 6.67. The van der Waals surface area contributed by atoms with E-state index in [1.165, 1.54) is 48.5 Å². The van der Waals surface area contributed by atoms with Gasteiger partial charge >= 0.3 is 0 Å². The standard InChI is InChI=1S/C21H19ClFN3O5S2/c1-32(28,29)26(19-4-2-3-16(23)13-19)14-21(27)24-17-9-11-20(12-10-17)33(30,31)25-18-7-5-15(22)6-8-18/h2-13,25H,14H2,1H3,(H,24,27). The number of benzene rings is 3. The van der Waals surface area contributed by atoms with Crippen molar-refractivity contribution < 1.29 is 26.0 Å². The zero-order valence-corrected chi connectivity index (χ0v) is 19.6. The molecule has 3 aromatic carbocycles. The lowest BCUT2D eigenvalue weighted by Crippen LogP contribution is -2.37. The van der Waals surface area contributed by atoms with Crippen molar-refractivity contribution >= 4 is 54.6 Å². The van der Waals surface area contributed by atoms with E-state index in [1.54, 1.807) is 12.1 Å². The molecule has 0 heterocycles. The van der Waals surface area contributed by atoms with Crippen LogP contribution in [0.2, 0.25) is 5.02 Å². The Balaban J connectivity index is 1.70. The molecule has 0 atom stereocenters. The smallest absolute Gasteiger partial charge is 0.261 e. The molecule has 0 aromatic heterocycles. The minimum Gasteiger partial charge on any atom is -0.325 e. The van der Waals surface area contributed by atoms with E-state index in [0.717, 1.165) is 22.7 Å². The summed E-state index contributed by atoms with van der Waals surface area (Å²) in [6, 6.07) is 16.3.